The molecule has 0 aliphatic carbocycles. The highest BCUT2D eigenvalue weighted by atomic mass is 31.2. The number of rotatable bonds is 65. The number of phosphoric acid groups is 2. The Balaban J connectivity index is 4.44. The normalized spacial score (nSPS) is 14.9. The second-order valence-corrected chi connectivity index (χ2v) is 25.8. The maximum Gasteiger partial charge on any atom is 0.472 e. The third-order valence-electron chi connectivity index (χ3n) is 14.2. The van der Waals surface area contributed by atoms with E-state index in [0.717, 1.165) is 161 Å². The van der Waals surface area contributed by atoms with Gasteiger partial charge in [-0.2, -0.15) is 0 Å². The number of carbonyl (C=O) groups is 3. The second kappa shape index (κ2) is 66.0. The predicted molar refractivity (Wildman–Crippen MR) is 371 cm³/mol. The number of carbonyl (C=O) groups excluding carboxylic acids is 3. The van der Waals surface area contributed by atoms with E-state index in [4.69, 9.17) is 32.3 Å². The largest absolute Gasteiger partial charge is 0.472 e. The lowest BCUT2D eigenvalue weighted by molar-refractivity contribution is -0.161. The molecule has 0 aliphatic rings. The first-order valence-electron chi connectivity index (χ1n) is 34.8. The van der Waals surface area contributed by atoms with Gasteiger partial charge >= 0.3 is 33.6 Å². The lowest BCUT2D eigenvalue weighted by Gasteiger charge is -2.21. The van der Waals surface area contributed by atoms with Crippen LogP contribution in [0.2, 0.25) is 0 Å². The van der Waals surface area contributed by atoms with Gasteiger partial charge in [-0.1, -0.05) is 245 Å². The Hall–Kier alpha value is -4.05. The van der Waals surface area contributed by atoms with E-state index in [9.17, 15) is 43.5 Å². The number of ether oxygens (including phenoxy) is 3. The highest BCUT2D eigenvalue weighted by molar-refractivity contribution is 7.47. The molecule has 0 saturated carbocycles. The molecule has 0 aromatic heterocycles. The molecule has 5 atom stereocenters. The van der Waals surface area contributed by atoms with Crippen molar-refractivity contribution in [3.05, 3.63) is 122 Å². The van der Waals surface area contributed by atoms with Gasteiger partial charge < -0.3 is 34.2 Å². The van der Waals surface area contributed by atoms with Gasteiger partial charge in [0.05, 0.1) is 26.4 Å². The van der Waals surface area contributed by atoms with Crippen LogP contribution in [0.4, 0.5) is 0 Å². The van der Waals surface area contributed by atoms with Gasteiger partial charge in [0.1, 0.15) is 25.4 Å². The predicted octanol–water partition coefficient (Wildman–Crippen LogP) is 19.4. The van der Waals surface area contributed by atoms with Crippen molar-refractivity contribution in [3.8, 4) is 0 Å². The number of allylic oxidation sites excluding steroid dienone is 20. The summed E-state index contributed by atoms with van der Waals surface area (Å²) in [6.07, 6.45) is 75.6. The van der Waals surface area contributed by atoms with Crippen LogP contribution >= 0.6 is 15.6 Å². The minimum absolute atomic E-state index is 0.0886. The first-order chi connectivity index (χ1) is 44.2. The fourth-order valence-electron chi connectivity index (χ4n) is 8.86. The second-order valence-electron chi connectivity index (χ2n) is 22.9. The molecule has 91 heavy (non-hydrogen) atoms. The van der Waals surface area contributed by atoms with Crippen molar-refractivity contribution >= 4 is 33.6 Å². The summed E-state index contributed by atoms with van der Waals surface area (Å²) in [6, 6.07) is 0. The Bertz CT molecular complexity index is 2140. The first-order valence-corrected chi connectivity index (χ1v) is 37.8. The highest BCUT2D eigenvalue weighted by Crippen LogP contribution is 2.45. The third kappa shape index (κ3) is 67.2. The molecule has 4 N–H and O–H groups in total. The van der Waals surface area contributed by atoms with Gasteiger partial charge in [0.25, 0.3) is 0 Å². The zero-order chi connectivity index (χ0) is 66.7. The van der Waals surface area contributed by atoms with Crippen LogP contribution in [0, 0.1) is 0 Å². The quantitative estimate of drug-likeness (QED) is 0.0146. The highest BCUT2D eigenvalue weighted by Gasteiger charge is 2.29. The summed E-state index contributed by atoms with van der Waals surface area (Å²) < 4.78 is 60.8. The zero-order valence-electron chi connectivity index (χ0n) is 56.5. The number of esters is 3. The molecule has 0 aromatic carbocycles. The van der Waals surface area contributed by atoms with Crippen molar-refractivity contribution in [2.45, 2.75) is 283 Å². The fourth-order valence-corrected chi connectivity index (χ4v) is 10.4. The molecule has 0 bridgehead atoms. The molecule has 5 unspecified atom stereocenters. The van der Waals surface area contributed by atoms with Crippen LogP contribution in [0.25, 0.3) is 0 Å². The molecule has 16 nitrogen and oxygen atoms in total. The van der Waals surface area contributed by atoms with Crippen LogP contribution in [-0.2, 0) is 55.8 Å². The summed E-state index contributed by atoms with van der Waals surface area (Å²) in [4.78, 5) is 58.3. The molecule has 0 aromatic rings. The summed E-state index contributed by atoms with van der Waals surface area (Å²) in [6.45, 7) is 2.35. The Morgan fingerprint density at radius 1 is 0.319 bits per heavy atom. The molecule has 522 valence electrons. The van der Waals surface area contributed by atoms with Crippen molar-refractivity contribution in [3.63, 3.8) is 0 Å². The van der Waals surface area contributed by atoms with Crippen molar-refractivity contribution in [2.24, 2.45) is 0 Å². The van der Waals surface area contributed by atoms with Gasteiger partial charge in [-0.25, -0.2) is 9.13 Å². The maximum atomic E-state index is 12.8. The van der Waals surface area contributed by atoms with E-state index >= 15 is 0 Å². The van der Waals surface area contributed by atoms with Crippen LogP contribution in [0.3, 0.4) is 0 Å². The monoisotopic (exact) mass is 1320 g/mol. The van der Waals surface area contributed by atoms with Gasteiger partial charge in [0.2, 0.25) is 0 Å². The fraction of sp³-hybridized carbons (Fsp3) is 0.685. The third-order valence-corrected chi connectivity index (χ3v) is 16.1. The molecule has 0 rings (SSSR count). The SMILES string of the molecule is CC/C=C\C/C=C\C/C=C\C/C=C\C/C=C\C/C=C\CCCCCCCCCCCCC(=O)OCC(O)COP(=O)(O)OCC(O)COP(=O)(O)OCC(COC(=O)CCCCCCC/C=C\C/C=C\C/C=C\CC)OC(=O)CCCCCCC/C=C\CCCC. The number of hydrogen-bond acceptors (Lipinski definition) is 14. The van der Waals surface area contributed by atoms with Crippen LogP contribution in [0.1, 0.15) is 265 Å². The summed E-state index contributed by atoms with van der Waals surface area (Å²) in [5.74, 6) is -1.61. The minimum atomic E-state index is -4.93. The molecule has 0 aliphatic heterocycles. The number of phosphoric ester groups is 2. The number of aliphatic hydroxyl groups excluding tert-OH is 2. The summed E-state index contributed by atoms with van der Waals surface area (Å²) in [5.41, 5.74) is 0. The van der Waals surface area contributed by atoms with Gasteiger partial charge in [0, 0.05) is 19.3 Å². The van der Waals surface area contributed by atoms with Crippen LogP contribution in [0.15, 0.2) is 122 Å². The van der Waals surface area contributed by atoms with E-state index in [1.807, 2.05) is 0 Å². The minimum Gasteiger partial charge on any atom is -0.463 e. The molecule has 0 amide bonds. The van der Waals surface area contributed by atoms with Crippen molar-refractivity contribution in [1.82, 2.24) is 0 Å². The van der Waals surface area contributed by atoms with E-state index in [1.165, 1.54) is 44.9 Å². The molecule has 0 spiro atoms. The van der Waals surface area contributed by atoms with E-state index in [0.29, 0.717) is 19.3 Å². The zero-order valence-corrected chi connectivity index (χ0v) is 58.3. The number of hydrogen-bond donors (Lipinski definition) is 4. The van der Waals surface area contributed by atoms with Crippen molar-refractivity contribution in [1.29, 1.82) is 0 Å². The summed E-state index contributed by atoms with van der Waals surface area (Å²) >= 11 is 0. The molecular weight excluding hydrogens is 1190 g/mol. The van der Waals surface area contributed by atoms with Crippen LogP contribution < -0.4 is 0 Å². The Kier molecular flexibility index (Phi) is 63.1. The average molecular weight is 1320 g/mol. The van der Waals surface area contributed by atoms with Gasteiger partial charge in [-0.3, -0.25) is 32.5 Å². The molecule has 18 heteroatoms. The average Bonchev–Trinajstić information content (AvgIpc) is 3.72. The maximum absolute atomic E-state index is 12.8. The smallest absolute Gasteiger partial charge is 0.463 e. The Morgan fingerprint density at radius 2 is 0.582 bits per heavy atom. The summed E-state index contributed by atoms with van der Waals surface area (Å²) in [5, 5.41) is 20.5. The molecule has 0 fully saturated rings. The molecule has 0 radical (unpaired) electrons. The van der Waals surface area contributed by atoms with Crippen molar-refractivity contribution < 1.29 is 75.8 Å². The van der Waals surface area contributed by atoms with Crippen LogP contribution in [-0.4, -0.2) is 95.9 Å². The standard InChI is InChI=1S/C73H124O16P2/c1-4-7-10-13-16-19-22-24-26-27-28-29-30-31-32-33-34-35-36-37-38-39-41-43-45-47-50-53-56-59-71(76)83-62-68(74)63-85-90(79,80)86-64-69(75)65-87-91(81,82)88-67-70(89-73(78)61-58-55-52-49-44-21-18-15-12-9-6-3)66-84-72(77)60-57-54-51-48-46-42-40-25-23-20-17-14-11-8-5-2/h7-8,10-11,15-20,24-26,28-29,31-32,34-35,40,68-70,74-75H,4-6,9,12-14,21-23,27,30,33,36-39,41-67H2,1-3H3,(H,79,80)(H,81,82)/b10-7-,11-8-,18-15-,19-16-,20-17-,26-24-,29-28-,32-31-,35-34-,40-25-. The summed E-state index contributed by atoms with van der Waals surface area (Å²) in [7, 11) is -9.78. The topological polar surface area (TPSA) is 231 Å². The van der Waals surface area contributed by atoms with Gasteiger partial charge in [-0.15, -0.1) is 0 Å². The van der Waals surface area contributed by atoms with E-state index in [-0.39, 0.29) is 19.3 Å². The molecule has 0 saturated heterocycles. The first kappa shape index (κ1) is 87.0. The number of aliphatic hydroxyl groups is 2. The van der Waals surface area contributed by atoms with Gasteiger partial charge in [0.15, 0.2) is 6.10 Å². The van der Waals surface area contributed by atoms with Crippen molar-refractivity contribution in [2.75, 3.05) is 39.6 Å². The Labute approximate surface area is 551 Å². The van der Waals surface area contributed by atoms with Crippen LogP contribution in [0.5, 0.6) is 0 Å². The molecule has 0 heterocycles. The van der Waals surface area contributed by atoms with E-state index in [2.05, 4.69) is 142 Å². The van der Waals surface area contributed by atoms with E-state index in [1.54, 1.807) is 0 Å². The molecular formula is C73H124O16P2. The lowest BCUT2D eigenvalue weighted by atomic mass is 10.1. The Morgan fingerprint density at radius 3 is 0.934 bits per heavy atom. The number of unbranched alkanes of at least 4 members (excludes halogenated alkanes) is 22. The van der Waals surface area contributed by atoms with E-state index < -0.39 is 91.5 Å². The lowest BCUT2D eigenvalue weighted by Crippen LogP contribution is -2.30. The van der Waals surface area contributed by atoms with Gasteiger partial charge in [-0.05, 0) is 122 Å².